The van der Waals surface area contributed by atoms with Gasteiger partial charge in [-0.25, -0.2) is 0 Å². The summed E-state index contributed by atoms with van der Waals surface area (Å²) in [5.41, 5.74) is 4.13. The molecule has 3 rings (SSSR count). The van der Waals surface area contributed by atoms with Crippen molar-refractivity contribution in [1.82, 2.24) is 15.5 Å². The van der Waals surface area contributed by atoms with Gasteiger partial charge in [0.1, 0.15) is 5.00 Å². The lowest BCUT2D eigenvalue weighted by atomic mass is 9.80. The lowest BCUT2D eigenvalue weighted by Gasteiger charge is -2.45. The third kappa shape index (κ3) is 4.17. The molecule has 2 fully saturated rings. The zero-order valence-electron chi connectivity index (χ0n) is 16.5. The molecule has 3 nitrogen and oxygen atoms in total. The van der Waals surface area contributed by atoms with Gasteiger partial charge in [-0.05, 0) is 44.2 Å². The van der Waals surface area contributed by atoms with Gasteiger partial charge in [-0.3, -0.25) is 15.5 Å². The average molecular weight is 376 g/mol. The van der Waals surface area contributed by atoms with Crippen molar-refractivity contribution >= 4 is 11.6 Å². The molecule has 2 N–H and O–H groups in total. The highest BCUT2D eigenvalue weighted by molar-refractivity contribution is 6.25. The van der Waals surface area contributed by atoms with E-state index in [1.807, 2.05) is 0 Å². The molecule has 2 heterocycles. The highest BCUT2D eigenvalue weighted by atomic mass is 35.5. The first kappa shape index (κ1) is 19.9. The molecule has 144 valence electrons. The number of benzene rings is 1. The largest absolute Gasteiger partial charge is 0.300 e. The van der Waals surface area contributed by atoms with Gasteiger partial charge in [0.05, 0.1) is 6.17 Å². The minimum Gasteiger partial charge on any atom is -0.300 e. The number of halogens is 1. The fourth-order valence-electron chi connectivity index (χ4n) is 4.56. The van der Waals surface area contributed by atoms with Crippen LogP contribution in [0.4, 0.5) is 0 Å². The number of nitrogens with zero attached hydrogens (tertiary/aromatic N) is 1. The van der Waals surface area contributed by atoms with Crippen molar-refractivity contribution in [2.45, 2.75) is 63.5 Å². The molecule has 0 radical (unpaired) electrons. The van der Waals surface area contributed by atoms with Crippen LogP contribution in [0.2, 0.25) is 0 Å². The third-order valence-electron chi connectivity index (χ3n) is 6.09. The van der Waals surface area contributed by atoms with E-state index >= 15 is 0 Å². The lowest BCUT2D eigenvalue weighted by molar-refractivity contribution is 0.159. The minimum absolute atomic E-state index is 0.233. The molecular formula is C22H34ClN3. The second kappa shape index (κ2) is 8.88. The van der Waals surface area contributed by atoms with Gasteiger partial charge < -0.3 is 0 Å². The summed E-state index contributed by atoms with van der Waals surface area (Å²) in [4.78, 5) is 2.05. The Morgan fingerprint density at radius 3 is 2.35 bits per heavy atom. The summed E-state index contributed by atoms with van der Waals surface area (Å²) in [5, 5.41) is 7.33. The Morgan fingerprint density at radius 1 is 1.15 bits per heavy atom. The van der Waals surface area contributed by atoms with Gasteiger partial charge in [-0.1, -0.05) is 60.9 Å². The maximum Gasteiger partial charge on any atom is 0.116 e. The topological polar surface area (TPSA) is 27.3 Å². The first-order chi connectivity index (χ1) is 12.6. The van der Waals surface area contributed by atoms with Crippen LogP contribution in [0.15, 0.2) is 41.5 Å². The molecule has 0 aliphatic carbocycles. The maximum absolute atomic E-state index is 7.39. The van der Waals surface area contributed by atoms with E-state index in [-0.39, 0.29) is 12.1 Å². The van der Waals surface area contributed by atoms with Crippen LogP contribution in [0, 0.1) is 0 Å². The smallest absolute Gasteiger partial charge is 0.116 e. The molecule has 2 aliphatic heterocycles. The van der Waals surface area contributed by atoms with Gasteiger partial charge >= 0.3 is 0 Å². The molecule has 1 aromatic rings. The van der Waals surface area contributed by atoms with Crippen LogP contribution >= 0.6 is 11.6 Å². The summed E-state index contributed by atoms with van der Waals surface area (Å²) in [6, 6.07) is 10.9. The zero-order chi connectivity index (χ0) is 18.6. The predicted octanol–water partition coefficient (Wildman–Crippen LogP) is 4.46. The first-order valence-corrected chi connectivity index (χ1v) is 10.6. The van der Waals surface area contributed by atoms with Crippen molar-refractivity contribution in [3.05, 3.63) is 47.0 Å². The van der Waals surface area contributed by atoms with Gasteiger partial charge in [0, 0.05) is 32.1 Å². The van der Waals surface area contributed by atoms with Crippen molar-refractivity contribution in [1.29, 1.82) is 0 Å². The normalized spacial score (nSPS) is 24.2. The number of nitrogens with one attached hydrogen (secondary N) is 2. The van der Waals surface area contributed by atoms with Crippen molar-refractivity contribution in [3.63, 3.8) is 0 Å². The van der Waals surface area contributed by atoms with E-state index in [2.05, 4.69) is 66.6 Å². The summed E-state index contributed by atoms with van der Waals surface area (Å²) in [7, 11) is 0. The molecule has 4 heteroatoms. The summed E-state index contributed by atoms with van der Waals surface area (Å²) in [6.45, 7) is 10.9. The summed E-state index contributed by atoms with van der Waals surface area (Å²) >= 11 is 7.39. The molecule has 0 aromatic heterocycles. The fourth-order valence-corrected chi connectivity index (χ4v) is 5.01. The number of hydrogen-bond donors (Lipinski definition) is 2. The summed E-state index contributed by atoms with van der Waals surface area (Å²) in [6.07, 6.45) is 5.08. The van der Waals surface area contributed by atoms with Crippen LogP contribution in [0.5, 0.6) is 0 Å². The van der Waals surface area contributed by atoms with Gasteiger partial charge in [0.2, 0.25) is 0 Å². The molecule has 0 saturated carbocycles. The Labute approximate surface area is 164 Å². The number of likely N-dealkylation sites (tertiary alicyclic amines) is 1. The van der Waals surface area contributed by atoms with Gasteiger partial charge in [0.15, 0.2) is 0 Å². The number of allylic oxidation sites excluding steroid dienone is 1. The van der Waals surface area contributed by atoms with Crippen LogP contribution < -0.4 is 10.6 Å². The summed E-state index contributed by atoms with van der Waals surface area (Å²) < 4.78 is 0. The van der Waals surface area contributed by atoms with E-state index in [4.69, 9.17) is 11.6 Å². The SMILES string of the molecule is CC/C(C)=C(/C(c1ccccc1)C1NCCN1)C(C)(Cl)N1CCCCC1. The highest BCUT2D eigenvalue weighted by Crippen LogP contribution is 2.43. The number of alkyl halides is 1. The average Bonchev–Trinajstić information content (AvgIpc) is 3.21. The minimum atomic E-state index is -0.451. The zero-order valence-corrected chi connectivity index (χ0v) is 17.3. The standard InChI is InChI=1S/C22H34ClN3/c1-4-17(2)20(22(3,23)26-15-9-6-10-16-26)19(21-24-13-14-25-21)18-11-7-5-8-12-18/h5,7-8,11-12,19,21,24-25H,4,6,9-10,13-16H2,1-3H3/b20-17-. The number of piperidine rings is 1. The molecule has 0 amide bonds. The molecule has 2 atom stereocenters. The maximum atomic E-state index is 7.39. The quantitative estimate of drug-likeness (QED) is 0.436. The van der Waals surface area contributed by atoms with Crippen LogP contribution in [-0.2, 0) is 0 Å². The molecular weight excluding hydrogens is 342 g/mol. The molecule has 1 aromatic carbocycles. The van der Waals surface area contributed by atoms with Crippen LogP contribution in [-0.4, -0.2) is 42.2 Å². The van der Waals surface area contributed by atoms with Gasteiger partial charge in [-0.15, -0.1) is 0 Å². The molecule has 2 aliphatic rings. The summed E-state index contributed by atoms with van der Waals surface area (Å²) in [5.74, 6) is 0.239. The number of rotatable bonds is 6. The Morgan fingerprint density at radius 2 is 1.77 bits per heavy atom. The van der Waals surface area contributed by atoms with Crippen molar-refractivity contribution in [3.8, 4) is 0 Å². The van der Waals surface area contributed by atoms with E-state index < -0.39 is 5.00 Å². The van der Waals surface area contributed by atoms with Crippen LogP contribution in [0.1, 0.15) is 57.9 Å². The Balaban J connectivity index is 2.06. The van der Waals surface area contributed by atoms with Crippen LogP contribution in [0.25, 0.3) is 0 Å². The third-order valence-corrected chi connectivity index (χ3v) is 6.53. The second-order valence-corrected chi connectivity index (χ2v) is 8.56. The molecule has 2 unspecified atom stereocenters. The monoisotopic (exact) mass is 375 g/mol. The lowest BCUT2D eigenvalue weighted by Crippen LogP contribution is -2.51. The van der Waals surface area contributed by atoms with E-state index in [1.54, 1.807) is 0 Å². The van der Waals surface area contributed by atoms with E-state index in [9.17, 15) is 0 Å². The second-order valence-electron chi connectivity index (χ2n) is 7.82. The van der Waals surface area contributed by atoms with E-state index in [0.717, 1.165) is 32.6 Å². The first-order valence-electron chi connectivity index (χ1n) is 10.2. The molecule has 0 bridgehead atoms. The molecule has 26 heavy (non-hydrogen) atoms. The molecule has 2 saturated heterocycles. The Bertz CT molecular complexity index is 599. The Hall–Kier alpha value is -0.870. The van der Waals surface area contributed by atoms with Crippen molar-refractivity contribution < 1.29 is 0 Å². The van der Waals surface area contributed by atoms with Gasteiger partial charge in [-0.2, -0.15) is 0 Å². The van der Waals surface area contributed by atoms with Crippen molar-refractivity contribution in [2.24, 2.45) is 0 Å². The van der Waals surface area contributed by atoms with Gasteiger partial charge in [0.25, 0.3) is 0 Å². The Kier molecular flexibility index (Phi) is 6.79. The highest BCUT2D eigenvalue weighted by Gasteiger charge is 2.42. The number of hydrogen-bond acceptors (Lipinski definition) is 3. The fraction of sp³-hybridized carbons (Fsp3) is 0.636. The van der Waals surface area contributed by atoms with E-state index in [0.29, 0.717) is 0 Å². The molecule has 0 spiro atoms. The van der Waals surface area contributed by atoms with Crippen LogP contribution in [0.3, 0.4) is 0 Å². The predicted molar refractivity (Wildman–Crippen MR) is 112 cm³/mol. The van der Waals surface area contributed by atoms with E-state index in [1.165, 1.54) is 36.0 Å². The van der Waals surface area contributed by atoms with Crippen molar-refractivity contribution in [2.75, 3.05) is 26.2 Å².